The summed E-state index contributed by atoms with van der Waals surface area (Å²) in [6, 6.07) is 13.7. The maximum Gasteiger partial charge on any atom is 0.270 e. The number of fused-ring (bicyclic) bond motifs is 1. The summed E-state index contributed by atoms with van der Waals surface area (Å²) in [5.74, 6) is 0.0234. The summed E-state index contributed by atoms with van der Waals surface area (Å²) < 4.78 is 7.25. The Bertz CT molecular complexity index is 756. The van der Waals surface area contributed by atoms with Crippen LogP contribution >= 0.6 is 0 Å². The molecule has 1 aromatic carbocycles. The van der Waals surface area contributed by atoms with Crippen LogP contribution in [0, 0.1) is 0 Å². The number of hydrogen-bond donors (Lipinski definition) is 0. The van der Waals surface area contributed by atoms with Crippen molar-refractivity contribution < 1.29 is 9.21 Å². The second-order valence-electron chi connectivity index (χ2n) is 5.06. The molecule has 0 saturated carbocycles. The van der Waals surface area contributed by atoms with E-state index in [4.69, 9.17) is 4.42 Å². The predicted molar refractivity (Wildman–Crippen MR) is 82.0 cm³/mol. The lowest BCUT2D eigenvalue weighted by atomic mass is 10.2. The van der Waals surface area contributed by atoms with Gasteiger partial charge in [0.05, 0.1) is 11.8 Å². The molecule has 108 valence electrons. The van der Waals surface area contributed by atoms with Crippen molar-refractivity contribution in [1.82, 2.24) is 9.47 Å². The SMILES string of the molecule is CCN(Cc1ccccc1)C(=O)c1cc2occc2n1C. The molecule has 2 aromatic heterocycles. The van der Waals surface area contributed by atoms with E-state index in [9.17, 15) is 4.79 Å². The van der Waals surface area contributed by atoms with Crippen molar-refractivity contribution in [3.63, 3.8) is 0 Å². The van der Waals surface area contributed by atoms with Gasteiger partial charge in [-0.25, -0.2) is 0 Å². The van der Waals surface area contributed by atoms with E-state index in [1.54, 1.807) is 6.26 Å². The van der Waals surface area contributed by atoms with Crippen LogP contribution in [0.1, 0.15) is 23.0 Å². The Kier molecular flexibility index (Phi) is 3.52. The second kappa shape index (κ2) is 5.48. The molecule has 4 heteroatoms. The van der Waals surface area contributed by atoms with Gasteiger partial charge in [-0.05, 0) is 12.5 Å². The molecule has 2 heterocycles. The summed E-state index contributed by atoms with van der Waals surface area (Å²) in [7, 11) is 1.89. The molecule has 0 bridgehead atoms. The highest BCUT2D eigenvalue weighted by atomic mass is 16.3. The molecule has 0 atom stereocenters. The van der Waals surface area contributed by atoms with Crippen LogP contribution in [0.5, 0.6) is 0 Å². The first-order chi connectivity index (χ1) is 10.2. The van der Waals surface area contributed by atoms with Crippen LogP contribution in [0.25, 0.3) is 11.1 Å². The minimum absolute atomic E-state index is 0.0234. The van der Waals surface area contributed by atoms with Crippen LogP contribution < -0.4 is 0 Å². The smallest absolute Gasteiger partial charge is 0.270 e. The van der Waals surface area contributed by atoms with E-state index in [0.29, 0.717) is 18.8 Å². The van der Waals surface area contributed by atoms with Crippen molar-refractivity contribution in [1.29, 1.82) is 0 Å². The average molecular weight is 282 g/mol. The Morgan fingerprint density at radius 2 is 2.00 bits per heavy atom. The van der Waals surface area contributed by atoms with Gasteiger partial charge in [-0.3, -0.25) is 4.79 Å². The quantitative estimate of drug-likeness (QED) is 0.735. The van der Waals surface area contributed by atoms with Gasteiger partial charge in [0.2, 0.25) is 0 Å². The first kappa shape index (κ1) is 13.5. The zero-order chi connectivity index (χ0) is 14.8. The Labute approximate surface area is 123 Å². The third kappa shape index (κ3) is 2.44. The number of nitrogens with zero attached hydrogens (tertiary/aromatic N) is 2. The molecule has 3 aromatic rings. The molecule has 0 unspecified atom stereocenters. The van der Waals surface area contributed by atoms with E-state index in [1.807, 2.05) is 65.9 Å². The Balaban J connectivity index is 1.88. The summed E-state index contributed by atoms with van der Waals surface area (Å²) >= 11 is 0. The molecule has 4 nitrogen and oxygen atoms in total. The minimum Gasteiger partial charge on any atom is -0.463 e. The van der Waals surface area contributed by atoms with Crippen LogP contribution in [-0.4, -0.2) is 21.9 Å². The molecular weight excluding hydrogens is 264 g/mol. The highest BCUT2D eigenvalue weighted by Crippen LogP contribution is 2.21. The maximum absolute atomic E-state index is 12.7. The third-order valence-corrected chi connectivity index (χ3v) is 3.77. The fourth-order valence-corrected chi connectivity index (χ4v) is 2.55. The standard InChI is InChI=1S/C17H18N2O2/c1-3-19(12-13-7-5-4-6-8-13)17(20)15-11-16-14(18(15)2)9-10-21-16/h4-11H,3,12H2,1-2H3. The number of aromatic nitrogens is 1. The molecule has 0 saturated heterocycles. The largest absolute Gasteiger partial charge is 0.463 e. The van der Waals surface area contributed by atoms with Gasteiger partial charge >= 0.3 is 0 Å². The molecule has 0 radical (unpaired) electrons. The van der Waals surface area contributed by atoms with E-state index in [0.717, 1.165) is 16.7 Å². The van der Waals surface area contributed by atoms with E-state index < -0.39 is 0 Å². The van der Waals surface area contributed by atoms with Gasteiger partial charge < -0.3 is 13.9 Å². The number of benzene rings is 1. The van der Waals surface area contributed by atoms with Crippen LogP contribution in [0.3, 0.4) is 0 Å². The highest BCUT2D eigenvalue weighted by molar-refractivity contribution is 5.97. The first-order valence-corrected chi connectivity index (χ1v) is 7.07. The number of rotatable bonds is 4. The zero-order valence-electron chi connectivity index (χ0n) is 12.2. The molecule has 0 aliphatic rings. The van der Waals surface area contributed by atoms with Gasteiger partial charge in [0.1, 0.15) is 5.69 Å². The lowest BCUT2D eigenvalue weighted by molar-refractivity contribution is 0.0743. The van der Waals surface area contributed by atoms with Gasteiger partial charge in [0.15, 0.2) is 5.58 Å². The predicted octanol–water partition coefficient (Wildman–Crippen LogP) is 3.43. The van der Waals surface area contributed by atoms with Crippen LogP contribution in [0.15, 0.2) is 53.1 Å². The number of furan rings is 1. The summed E-state index contributed by atoms with van der Waals surface area (Å²) in [6.07, 6.45) is 1.64. The third-order valence-electron chi connectivity index (χ3n) is 3.77. The number of carbonyl (C=O) groups excluding carboxylic acids is 1. The molecule has 0 N–H and O–H groups in total. The summed E-state index contributed by atoms with van der Waals surface area (Å²) in [5, 5.41) is 0. The molecule has 0 aliphatic carbocycles. The summed E-state index contributed by atoms with van der Waals surface area (Å²) in [4.78, 5) is 14.6. The van der Waals surface area contributed by atoms with Gasteiger partial charge in [-0.2, -0.15) is 0 Å². The van der Waals surface area contributed by atoms with Gasteiger partial charge in [-0.1, -0.05) is 30.3 Å². The van der Waals surface area contributed by atoms with Gasteiger partial charge in [0, 0.05) is 32.3 Å². The Morgan fingerprint density at radius 1 is 1.24 bits per heavy atom. The van der Waals surface area contributed by atoms with Crippen LogP contribution in [0.4, 0.5) is 0 Å². The Morgan fingerprint density at radius 3 is 2.67 bits per heavy atom. The summed E-state index contributed by atoms with van der Waals surface area (Å²) in [6.45, 7) is 3.27. The molecule has 0 aliphatic heterocycles. The van der Waals surface area contributed by atoms with E-state index in [-0.39, 0.29) is 5.91 Å². The van der Waals surface area contributed by atoms with Crippen LogP contribution in [0.2, 0.25) is 0 Å². The fourth-order valence-electron chi connectivity index (χ4n) is 2.55. The van der Waals surface area contributed by atoms with Crippen molar-refractivity contribution in [3.8, 4) is 0 Å². The van der Waals surface area contributed by atoms with E-state index in [2.05, 4.69) is 0 Å². The van der Waals surface area contributed by atoms with Crippen molar-refractivity contribution in [2.24, 2.45) is 7.05 Å². The average Bonchev–Trinajstić information content (AvgIpc) is 3.08. The molecule has 0 spiro atoms. The molecule has 21 heavy (non-hydrogen) atoms. The van der Waals surface area contributed by atoms with Crippen molar-refractivity contribution >= 4 is 17.0 Å². The second-order valence-corrected chi connectivity index (χ2v) is 5.06. The zero-order valence-corrected chi connectivity index (χ0v) is 12.2. The van der Waals surface area contributed by atoms with Crippen molar-refractivity contribution in [2.45, 2.75) is 13.5 Å². The molecule has 0 fully saturated rings. The monoisotopic (exact) mass is 282 g/mol. The van der Waals surface area contributed by atoms with Crippen molar-refractivity contribution in [3.05, 3.63) is 60.0 Å². The Hall–Kier alpha value is -2.49. The number of amides is 1. The number of hydrogen-bond acceptors (Lipinski definition) is 2. The van der Waals surface area contributed by atoms with Crippen molar-refractivity contribution in [2.75, 3.05) is 6.54 Å². The van der Waals surface area contributed by atoms with Gasteiger partial charge in [-0.15, -0.1) is 0 Å². The normalized spacial score (nSPS) is 11.0. The topological polar surface area (TPSA) is 38.4 Å². The molecular formula is C17H18N2O2. The number of aryl methyl sites for hydroxylation is 1. The molecule has 1 amide bonds. The van der Waals surface area contributed by atoms with E-state index in [1.165, 1.54) is 0 Å². The van der Waals surface area contributed by atoms with E-state index >= 15 is 0 Å². The first-order valence-electron chi connectivity index (χ1n) is 7.07. The lowest BCUT2D eigenvalue weighted by Gasteiger charge is -2.21. The number of carbonyl (C=O) groups is 1. The summed E-state index contributed by atoms with van der Waals surface area (Å²) in [5.41, 5.74) is 3.47. The minimum atomic E-state index is 0.0234. The molecule has 3 rings (SSSR count). The van der Waals surface area contributed by atoms with Crippen LogP contribution in [-0.2, 0) is 13.6 Å². The lowest BCUT2D eigenvalue weighted by Crippen LogP contribution is -2.31. The fraction of sp³-hybridized carbons (Fsp3) is 0.235. The maximum atomic E-state index is 12.7. The van der Waals surface area contributed by atoms with Gasteiger partial charge in [0.25, 0.3) is 5.91 Å². The highest BCUT2D eigenvalue weighted by Gasteiger charge is 2.20.